The van der Waals surface area contributed by atoms with Crippen LogP contribution >= 0.6 is 46.4 Å². The zero-order chi connectivity index (χ0) is 62.2. The molecule has 2 heterocycles. The van der Waals surface area contributed by atoms with Crippen LogP contribution in [0.25, 0.3) is 43.1 Å². The number of carbonyl (C=O) groups excluding carboxylic acids is 10. The summed E-state index contributed by atoms with van der Waals surface area (Å²) in [6.07, 6.45) is 1.49. The molecule has 2 unspecified atom stereocenters. The van der Waals surface area contributed by atoms with E-state index >= 15 is 0 Å². The summed E-state index contributed by atoms with van der Waals surface area (Å²) in [6.45, 7) is 14.7. The maximum Gasteiger partial charge on any atom is 0.332 e. The van der Waals surface area contributed by atoms with Crippen LogP contribution in [0.2, 0.25) is 20.1 Å². The van der Waals surface area contributed by atoms with Crippen LogP contribution in [0.5, 0.6) is 0 Å². The molecule has 0 spiro atoms. The molecule has 0 saturated carbocycles. The van der Waals surface area contributed by atoms with Gasteiger partial charge in [0.05, 0.1) is 73.6 Å². The Kier molecular flexibility index (Phi) is 21.7. The monoisotopic (exact) mass is 1250 g/mol. The quantitative estimate of drug-likeness (QED) is 0.00761. The van der Waals surface area contributed by atoms with Crippen molar-refractivity contribution in [2.24, 2.45) is 11.8 Å². The van der Waals surface area contributed by atoms with Crippen LogP contribution in [0.1, 0.15) is 94.8 Å². The molecule has 452 valence electrons. The third-order valence-electron chi connectivity index (χ3n) is 13.8. The van der Waals surface area contributed by atoms with E-state index < -0.39 is 123 Å². The molecule has 4 amide bonds. The van der Waals surface area contributed by atoms with Crippen molar-refractivity contribution in [3.63, 3.8) is 0 Å². The molecule has 2 aliphatic rings. The van der Waals surface area contributed by atoms with E-state index in [0.29, 0.717) is 13.2 Å². The van der Waals surface area contributed by atoms with E-state index in [0.717, 1.165) is 28.0 Å². The van der Waals surface area contributed by atoms with Crippen LogP contribution in [0.4, 0.5) is 0 Å². The van der Waals surface area contributed by atoms with Gasteiger partial charge in [-0.3, -0.25) is 38.6 Å². The van der Waals surface area contributed by atoms with Crippen LogP contribution in [0, 0.1) is 11.8 Å². The summed E-state index contributed by atoms with van der Waals surface area (Å²) in [6, 6.07) is 3.52. The third-order valence-corrected chi connectivity index (χ3v) is 15.0. The number of nitrogens with zero attached hydrogens (tertiary/aromatic N) is 2. The molecule has 5 aromatic rings. The van der Waals surface area contributed by atoms with E-state index in [1.165, 1.54) is 24.3 Å². The number of benzene rings is 5. The number of hydrogen-bond acceptors (Lipinski definition) is 19. The number of esters is 6. The Morgan fingerprint density at radius 1 is 0.482 bits per heavy atom. The molecule has 0 saturated heterocycles. The van der Waals surface area contributed by atoms with Gasteiger partial charge in [0.1, 0.15) is 39.6 Å². The van der Waals surface area contributed by atoms with Gasteiger partial charge in [-0.1, -0.05) is 93.8 Å². The lowest BCUT2D eigenvalue weighted by molar-refractivity contribution is -0.193. The SMILES string of the molecule is C=CC(=O)OCC(COC(=O)C=C)(COC(=O)C=C)OC(=O)CCC(=O)OCC(CC(C)C)N1C(=O)c2cc(Cl)c3c4c(Cl)cc5c6c(cc(Cl)c(c7c(Cl)cc(c2c37)C1=O)c64)C(=O)N(C(COC(=O)COCCOCCOC)CC(C)C)C5=O. The van der Waals surface area contributed by atoms with Crippen molar-refractivity contribution in [3.8, 4) is 0 Å². The number of imide groups is 2. The van der Waals surface area contributed by atoms with Crippen LogP contribution < -0.4 is 0 Å². The standard InChI is InChI=1S/C60H60Cl4N2O19/c1-9-42(67)82-27-60(28-83-43(68)10-2,29-84-44(69)11-3)85-46(71)13-12-45(70)80-24-32(18-30(4)5)65-56(73)34-20-38(61)50-52-40(63)22-36-49-37(23-41(64)53(55(49)52)51-39(62)21-35(57(65)74)48(34)54(50)51)59(76)66(58(36)75)33(19-31(6)7)25-81-47(72)26-79-17-16-78-15-14-77-8/h9-11,20-23,30-33H,1-3,12-19,24-29H2,4-8H3. The normalized spacial score (nSPS) is 13.9. The average molecular weight is 1250 g/mol. The Morgan fingerprint density at radius 3 is 1.18 bits per heavy atom. The van der Waals surface area contributed by atoms with Gasteiger partial charge in [-0.05, 0) is 48.9 Å². The largest absolute Gasteiger partial charge is 0.463 e. The zero-order valence-electron chi connectivity index (χ0n) is 47.0. The van der Waals surface area contributed by atoms with Gasteiger partial charge < -0.3 is 42.6 Å². The Balaban J connectivity index is 1.18. The smallest absolute Gasteiger partial charge is 0.332 e. The first-order valence-electron chi connectivity index (χ1n) is 26.7. The van der Waals surface area contributed by atoms with Crippen molar-refractivity contribution in [3.05, 3.63) is 105 Å². The van der Waals surface area contributed by atoms with Gasteiger partial charge in [-0.15, -0.1) is 0 Å². The third kappa shape index (κ3) is 14.2. The highest BCUT2D eigenvalue weighted by Gasteiger charge is 2.44. The molecule has 0 bridgehead atoms. The lowest BCUT2D eigenvalue weighted by Crippen LogP contribution is -2.50. The topological polar surface area (TPSA) is 260 Å². The van der Waals surface area contributed by atoms with Crippen LogP contribution in [-0.2, 0) is 71.4 Å². The predicted octanol–water partition coefficient (Wildman–Crippen LogP) is 9.39. The van der Waals surface area contributed by atoms with E-state index in [1.807, 2.05) is 27.7 Å². The summed E-state index contributed by atoms with van der Waals surface area (Å²) in [5.41, 5.74) is -2.11. The van der Waals surface area contributed by atoms with E-state index in [1.54, 1.807) is 7.11 Å². The molecule has 2 aliphatic heterocycles. The molecule has 0 radical (unpaired) electrons. The Hall–Kier alpha value is -7.24. The van der Waals surface area contributed by atoms with E-state index in [9.17, 15) is 47.9 Å². The van der Waals surface area contributed by atoms with Crippen molar-refractivity contribution in [1.82, 2.24) is 9.80 Å². The molecule has 2 atom stereocenters. The molecule has 25 heteroatoms. The molecule has 0 aromatic heterocycles. The van der Waals surface area contributed by atoms with Gasteiger partial charge in [0.2, 0.25) is 5.60 Å². The van der Waals surface area contributed by atoms with Gasteiger partial charge >= 0.3 is 35.8 Å². The molecule has 5 aromatic carbocycles. The Labute approximate surface area is 507 Å². The fourth-order valence-corrected chi connectivity index (χ4v) is 11.4. The van der Waals surface area contributed by atoms with Gasteiger partial charge in [0.25, 0.3) is 23.6 Å². The fraction of sp³-hybridized carbons (Fsp3) is 0.400. The summed E-state index contributed by atoms with van der Waals surface area (Å²) in [4.78, 5) is 137. The highest BCUT2D eigenvalue weighted by Crippen LogP contribution is 2.54. The number of ether oxygens (including phenoxy) is 9. The van der Waals surface area contributed by atoms with Crippen LogP contribution in [0.15, 0.2) is 62.2 Å². The minimum absolute atomic E-state index is 0.00210. The highest BCUT2D eigenvalue weighted by atomic mass is 35.5. The Bertz CT molecular complexity index is 3370. The van der Waals surface area contributed by atoms with Crippen molar-refractivity contribution >= 4 is 149 Å². The average Bonchev–Trinajstić information content (AvgIpc) is 1.72. The van der Waals surface area contributed by atoms with Crippen molar-refractivity contribution in [2.75, 3.05) is 73.2 Å². The molecular formula is C60H60Cl4N2O19. The molecule has 0 N–H and O–H groups in total. The van der Waals surface area contributed by atoms with Gasteiger partial charge in [0.15, 0.2) is 0 Å². The van der Waals surface area contributed by atoms with E-state index in [-0.39, 0.29) is 130 Å². The number of fused-ring (bicyclic) bond motifs is 2. The summed E-state index contributed by atoms with van der Waals surface area (Å²) < 4.78 is 47.7. The zero-order valence-corrected chi connectivity index (χ0v) is 50.1. The number of hydrogen-bond donors (Lipinski definition) is 0. The van der Waals surface area contributed by atoms with Gasteiger partial charge in [-0.25, -0.2) is 19.2 Å². The molecule has 0 fully saturated rings. The highest BCUT2D eigenvalue weighted by molar-refractivity contribution is 6.56. The van der Waals surface area contributed by atoms with Crippen LogP contribution in [-0.4, -0.2) is 160 Å². The maximum absolute atomic E-state index is 15.0. The predicted molar refractivity (Wildman–Crippen MR) is 312 cm³/mol. The lowest BCUT2D eigenvalue weighted by Gasteiger charge is -2.36. The number of carbonyl (C=O) groups is 10. The van der Waals surface area contributed by atoms with Crippen molar-refractivity contribution in [1.29, 1.82) is 0 Å². The summed E-state index contributed by atoms with van der Waals surface area (Å²) in [5, 5.41) is 1.73. The van der Waals surface area contributed by atoms with Gasteiger partial charge in [0, 0.05) is 88.5 Å². The fourth-order valence-electron chi connectivity index (χ4n) is 10.2. The minimum Gasteiger partial charge on any atom is -0.463 e. The molecular weight excluding hydrogens is 1190 g/mol. The molecule has 7 rings (SSSR count). The van der Waals surface area contributed by atoms with E-state index in [2.05, 4.69) is 19.7 Å². The van der Waals surface area contributed by atoms with Gasteiger partial charge in [-0.2, -0.15) is 0 Å². The number of rotatable bonds is 31. The first-order valence-corrected chi connectivity index (χ1v) is 28.2. The minimum atomic E-state index is -2.12. The van der Waals surface area contributed by atoms with Crippen molar-refractivity contribution in [2.45, 2.75) is 71.1 Å². The number of amides is 4. The summed E-state index contributed by atoms with van der Waals surface area (Å²) >= 11 is 29.0. The number of methoxy groups -OCH3 is 1. The first-order chi connectivity index (χ1) is 40.4. The van der Waals surface area contributed by atoms with Crippen molar-refractivity contribution < 1.29 is 90.6 Å². The molecule has 21 nitrogen and oxygen atoms in total. The van der Waals surface area contributed by atoms with E-state index in [4.69, 9.17) is 89.0 Å². The van der Waals surface area contributed by atoms with Crippen LogP contribution in [0.3, 0.4) is 0 Å². The number of halogens is 4. The summed E-state index contributed by atoms with van der Waals surface area (Å²) in [7, 11) is 1.54. The lowest BCUT2D eigenvalue weighted by atomic mass is 9.81. The maximum atomic E-state index is 15.0. The first kappa shape index (κ1) is 65.3. The molecule has 85 heavy (non-hydrogen) atoms. The second-order valence-corrected chi connectivity index (χ2v) is 22.4. The second-order valence-electron chi connectivity index (χ2n) is 20.8. The Morgan fingerprint density at radius 2 is 0.824 bits per heavy atom. The summed E-state index contributed by atoms with van der Waals surface area (Å²) in [5.74, 6) is -9.04. The second kappa shape index (κ2) is 28.3. The molecule has 0 aliphatic carbocycles.